The number of carbonyl (C=O) groups is 1. The molecule has 2 aromatic rings. The molecule has 0 unspecified atom stereocenters. The van der Waals surface area contributed by atoms with Gasteiger partial charge in [-0.2, -0.15) is 5.10 Å². The lowest BCUT2D eigenvalue weighted by Crippen LogP contribution is -2.24. The zero-order valence-corrected chi connectivity index (χ0v) is 15.8. The average Bonchev–Trinajstić information content (AvgIpc) is 2.59. The van der Waals surface area contributed by atoms with Gasteiger partial charge in [-0.1, -0.05) is 6.07 Å². The molecule has 2 aromatic carbocycles. The van der Waals surface area contributed by atoms with Crippen molar-refractivity contribution in [3.8, 4) is 17.2 Å². The van der Waals surface area contributed by atoms with E-state index < -0.39 is 0 Å². The Bertz CT molecular complexity index is 806. The molecule has 25 heavy (non-hydrogen) atoms. The zero-order chi connectivity index (χ0) is 18.4. The Hall–Kier alpha value is -2.54. The van der Waals surface area contributed by atoms with E-state index in [1.54, 1.807) is 12.1 Å². The Balaban J connectivity index is 1.90. The molecule has 7 heteroatoms. The topological polar surface area (TPSA) is 80.2 Å². The summed E-state index contributed by atoms with van der Waals surface area (Å²) in [7, 11) is 1.45. The van der Waals surface area contributed by atoms with Gasteiger partial charge in [-0.3, -0.25) is 4.79 Å². The van der Waals surface area contributed by atoms with Crippen molar-refractivity contribution in [2.24, 2.45) is 5.10 Å². The van der Waals surface area contributed by atoms with E-state index >= 15 is 0 Å². The fourth-order valence-electron chi connectivity index (χ4n) is 1.99. The molecule has 0 spiro atoms. The number of nitrogens with one attached hydrogen (secondary N) is 1. The third-order valence-corrected chi connectivity index (χ3v) is 4.13. The van der Waals surface area contributed by atoms with E-state index in [0.717, 1.165) is 11.1 Å². The van der Waals surface area contributed by atoms with E-state index in [1.807, 2.05) is 32.0 Å². The lowest BCUT2D eigenvalue weighted by atomic mass is 10.1. The number of methoxy groups -OCH3 is 1. The summed E-state index contributed by atoms with van der Waals surface area (Å²) in [5.41, 5.74) is 5.30. The minimum absolute atomic E-state index is 0.00507. The summed E-state index contributed by atoms with van der Waals surface area (Å²) < 4.78 is 11.0. The second-order valence-corrected chi connectivity index (χ2v) is 6.24. The molecule has 0 aliphatic heterocycles. The summed E-state index contributed by atoms with van der Waals surface area (Å²) >= 11 is 3.22. The van der Waals surface area contributed by atoms with Crippen molar-refractivity contribution in [3.05, 3.63) is 51.5 Å². The SMILES string of the molecule is COc1cc(/C=N/NC(=O)COc2ccc(C)c(C)c2)cc(Br)c1O. The molecule has 0 saturated heterocycles. The minimum atomic E-state index is -0.376. The summed E-state index contributed by atoms with van der Waals surface area (Å²) in [5, 5.41) is 13.6. The number of hydrogen-bond donors (Lipinski definition) is 2. The van der Waals surface area contributed by atoms with Crippen LogP contribution in [0.4, 0.5) is 0 Å². The Labute approximate surface area is 154 Å². The summed E-state index contributed by atoms with van der Waals surface area (Å²) in [5.74, 6) is 0.569. The molecular formula is C18H19BrN2O4. The van der Waals surface area contributed by atoms with Crippen molar-refractivity contribution in [1.29, 1.82) is 0 Å². The first-order valence-electron chi connectivity index (χ1n) is 7.49. The van der Waals surface area contributed by atoms with Crippen LogP contribution >= 0.6 is 15.9 Å². The molecule has 0 atom stereocenters. The Morgan fingerprint density at radius 2 is 2.04 bits per heavy atom. The highest BCUT2D eigenvalue weighted by Gasteiger charge is 2.07. The van der Waals surface area contributed by atoms with Crippen LogP contribution in [0.15, 0.2) is 39.9 Å². The number of hydrazone groups is 1. The number of halogens is 1. The lowest BCUT2D eigenvalue weighted by molar-refractivity contribution is -0.123. The predicted octanol–water partition coefficient (Wildman–Crippen LogP) is 3.31. The van der Waals surface area contributed by atoms with Gasteiger partial charge < -0.3 is 14.6 Å². The van der Waals surface area contributed by atoms with E-state index in [0.29, 0.717) is 21.5 Å². The van der Waals surface area contributed by atoms with Gasteiger partial charge in [0.25, 0.3) is 5.91 Å². The van der Waals surface area contributed by atoms with Gasteiger partial charge in [-0.25, -0.2) is 5.43 Å². The normalized spacial score (nSPS) is 10.7. The summed E-state index contributed by atoms with van der Waals surface area (Å²) in [4.78, 5) is 11.8. The van der Waals surface area contributed by atoms with Crippen LogP contribution in [0.3, 0.4) is 0 Å². The Kier molecular flexibility index (Phi) is 6.41. The zero-order valence-electron chi connectivity index (χ0n) is 14.2. The number of phenolic OH excluding ortho intramolecular Hbond substituents is 1. The standard InChI is InChI=1S/C18H19BrN2O4/c1-11-4-5-14(6-12(11)2)25-10-17(22)21-20-9-13-7-15(19)18(23)16(8-13)24-3/h4-9,23H,10H2,1-3H3,(H,21,22)/b20-9+. The van der Waals surface area contributed by atoms with Gasteiger partial charge in [0.2, 0.25) is 0 Å². The lowest BCUT2D eigenvalue weighted by Gasteiger charge is -2.07. The fourth-order valence-corrected chi connectivity index (χ4v) is 2.45. The van der Waals surface area contributed by atoms with Gasteiger partial charge in [0.05, 0.1) is 17.8 Å². The number of nitrogens with zero attached hydrogens (tertiary/aromatic N) is 1. The van der Waals surface area contributed by atoms with Gasteiger partial charge in [0.1, 0.15) is 5.75 Å². The highest BCUT2D eigenvalue weighted by atomic mass is 79.9. The van der Waals surface area contributed by atoms with Crippen LogP contribution in [-0.4, -0.2) is 30.9 Å². The highest BCUT2D eigenvalue weighted by Crippen LogP contribution is 2.34. The van der Waals surface area contributed by atoms with Crippen LogP contribution in [0.1, 0.15) is 16.7 Å². The molecule has 0 bridgehead atoms. The second kappa shape index (κ2) is 8.53. The first kappa shape index (κ1) is 18.8. The highest BCUT2D eigenvalue weighted by molar-refractivity contribution is 9.10. The average molecular weight is 407 g/mol. The number of phenols is 1. The molecular weight excluding hydrogens is 388 g/mol. The van der Waals surface area contributed by atoms with Crippen LogP contribution < -0.4 is 14.9 Å². The number of hydrogen-bond acceptors (Lipinski definition) is 5. The summed E-state index contributed by atoms with van der Waals surface area (Å²) in [6.45, 7) is 3.86. The van der Waals surface area contributed by atoms with Crippen LogP contribution in [0, 0.1) is 13.8 Å². The minimum Gasteiger partial charge on any atom is -0.503 e. The second-order valence-electron chi connectivity index (χ2n) is 5.38. The molecule has 0 radical (unpaired) electrons. The maximum atomic E-state index is 11.8. The van der Waals surface area contributed by atoms with E-state index in [1.165, 1.54) is 13.3 Å². The number of aryl methyl sites for hydroxylation is 2. The van der Waals surface area contributed by atoms with Crippen LogP contribution in [-0.2, 0) is 4.79 Å². The maximum absolute atomic E-state index is 11.8. The molecule has 0 fully saturated rings. The molecule has 132 valence electrons. The molecule has 0 heterocycles. The largest absolute Gasteiger partial charge is 0.503 e. The summed E-state index contributed by atoms with van der Waals surface area (Å²) in [6, 6.07) is 8.89. The molecule has 0 saturated carbocycles. The maximum Gasteiger partial charge on any atom is 0.277 e. The van der Waals surface area contributed by atoms with Gasteiger partial charge in [0, 0.05) is 0 Å². The van der Waals surface area contributed by atoms with E-state index in [9.17, 15) is 9.90 Å². The number of amides is 1. The van der Waals surface area contributed by atoms with E-state index in [2.05, 4.69) is 26.5 Å². The van der Waals surface area contributed by atoms with Crippen LogP contribution in [0.5, 0.6) is 17.2 Å². The number of ether oxygens (including phenoxy) is 2. The van der Waals surface area contributed by atoms with Gasteiger partial charge in [0.15, 0.2) is 18.1 Å². The molecule has 1 amide bonds. The molecule has 2 rings (SSSR count). The van der Waals surface area contributed by atoms with Crippen molar-refractivity contribution in [3.63, 3.8) is 0 Å². The van der Waals surface area contributed by atoms with Crippen LogP contribution in [0.2, 0.25) is 0 Å². The molecule has 0 aliphatic rings. The van der Waals surface area contributed by atoms with Crippen molar-refractivity contribution in [2.75, 3.05) is 13.7 Å². The van der Waals surface area contributed by atoms with Gasteiger partial charge in [-0.15, -0.1) is 0 Å². The van der Waals surface area contributed by atoms with Crippen molar-refractivity contribution >= 4 is 28.1 Å². The third-order valence-electron chi connectivity index (χ3n) is 3.52. The number of rotatable bonds is 6. The van der Waals surface area contributed by atoms with E-state index in [4.69, 9.17) is 9.47 Å². The smallest absolute Gasteiger partial charge is 0.277 e. The Morgan fingerprint density at radius 1 is 1.28 bits per heavy atom. The first-order valence-corrected chi connectivity index (χ1v) is 8.28. The number of aromatic hydroxyl groups is 1. The van der Waals surface area contributed by atoms with Crippen molar-refractivity contribution < 1.29 is 19.4 Å². The predicted molar refractivity (Wildman–Crippen MR) is 99.5 cm³/mol. The molecule has 0 aliphatic carbocycles. The van der Waals surface area contributed by atoms with Crippen molar-refractivity contribution in [1.82, 2.24) is 5.43 Å². The third kappa shape index (κ3) is 5.22. The Morgan fingerprint density at radius 3 is 2.72 bits per heavy atom. The monoisotopic (exact) mass is 406 g/mol. The summed E-state index contributed by atoms with van der Waals surface area (Å²) in [6.07, 6.45) is 1.45. The van der Waals surface area contributed by atoms with Gasteiger partial charge >= 0.3 is 0 Å². The number of benzene rings is 2. The molecule has 6 nitrogen and oxygen atoms in total. The molecule has 0 aromatic heterocycles. The quantitative estimate of drug-likeness (QED) is 0.569. The first-order chi connectivity index (χ1) is 11.9. The number of carbonyl (C=O) groups excluding carboxylic acids is 1. The molecule has 2 N–H and O–H groups in total. The van der Waals surface area contributed by atoms with Crippen LogP contribution in [0.25, 0.3) is 0 Å². The van der Waals surface area contributed by atoms with E-state index in [-0.39, 0.29) is 18.3 Å². The van der Waals surface area contributed by atoms with Crippen molar-refractivity contribution in [2.45, 2.75) is 13.8 Å². The van der Waals surface area contributed by atoms with Gasteiger partial charge in [-0.05, 0) is 70.7 Å². The fraction of sp³-hybridized carbons (Fsp3) is 0.222.